The van der Waals surface area contributed by atoms with E-state index < -0.39 is 0 Å². The SMILES string of the molecule is COc1cc(C(=O)Nc2cccc(Oc3cnccn3)c2)cc(Cl)c1OC. The Balaban J connectivity index is 1.78. The summed E-state index contributed by atoms with van der Waals surface area (Å²) >= 11 is 6.16. The van der Waals surface area contributed by atoms with Crippen LogP contribution in [0.15, 0.2) is 55.0 Å². The number of rotatable bonds is 6. The first-order valence-corrected chi connectivity index (χ1v) is 8.25. The molecule has 138 valence electrons. The van der Waals surface area contributed by atoms with E-state index in [4.69, 9.17) is 25.8 Å². The van der Waals surface area contributed by atoms with Crippen LogP contribution < -0.4 is 19.5 Å². The maximum Gasteiger partial charge on any atom is 0.255 e. The number of benzene rings is 2. The number of methoxy groups -OCH3 is 2. The molecule has 2 aromatic carbocycles. The van der Waals surface area contributed by atoms with Gasteiger partial charge in [-0.25, -0.2) is 4.98 Å². The highest BCUT2D eigenvalue weighted by molar-refractivity contribution is 6.32. The van der Waals surface area contributed by atoms with E-state index >= 15 is 0 Å². The lowest BCUT2D eigenvalue weighted by atomic mass is 10.1. The molecule has 1 aromatic heterocycles. The number of nitrogens with one attached hydrogen (secondary N) is 1. The zero-order valence-electron chi connectivity index (χ0n) is 14.6. The summed E-state index contributed by atoms with van der Waals surface area (Å²) in [6.45, 7) is 0. The molecule has 0 bridgehead atoms. The molecule has 0 radical (unpaired) electrons. The zero-order valence-corrected chi connectivity index (χ0v) is 15.4. The van der Waals surface area contributed by atoms with Gasteiger partial charge in [0.2, 0.25) is 5.88 Å². The fraction of sp³-hybridized carbons (Fsp3) is 0.105. The summed E-state index contributed by atoms with van der Waals surface area (Å²) in [7, 11) is 2.95. The van der Waals surface area contributed by atoms with Gasteiger partial charge in [0, 0.05) is 29.7 Å². The molecule has 0 aliphatic rings. The molecule has 1 N–H and O–H groups in total. The molecule has 0 unspecified atom stereocenters. The van der Waals surface area contributed by atoms with E-state index in [-0.39, 0.29) is 10.9 Å². The third-order valence-corrected chi connectivity index (χ3v) is 3.83. The fourth-order valence-corrected chi connectivity index (χ4v) is 2.64. The van der Waals surface area contributed by atoms with Crippen LogP contribution in [0.4, 0.5) is 5.69 Å². The predicted octanol–water partition coefficient (Wildman–Crippen LogP) is 4.19. The van der Waals surface area contributed by atoms with Gasteiger partial charge in [0.1, 0.15) is 5.75 Å². The molecule has 3 rings (SSSR count). The minimum absolute atomic E-state index is 0.279. The molecule has 1 heterocycles. The second-order valence-corrected chi connectivity index (χ2v) is 5.73. The smallest absolute Gasteiger partial charge is 0.255 e. The van der Waals surface area contributed by atoms with E-state index in [1.165, 1.54) is 32.7 Å². The molecule has 8 heteroatoms. The second-order valence-electron chi connectivity index (χ2n) is 5.32. The Morgan fingerprint density at radius 1 is 1.11 bits per heavy atom. The van der Waals surface area contributed by atoms with Crippen LogP contribution in [0.25, 0.3) is 0 Å². The van der Waals surface area contributed by atoms with Crippen LogP contribution in [0.5, 0.6) is 23.1 Å². The number of ether oxygens (including phenoxy) is 3. The maximum absolute atomic E-state index is 12.6. The molecule has 0 atom stereocenters. The number of nitrogens with zero attached hydrogens (tertiary/aromatic N) is 2. The van der Waals surface area contributed by atoms with Gasteiger partial charge in [0.05, 0.1) is 25.4 Å². The summed E-state index contributed by atoms with van der Waals surface area (Å²) in [5.41, 5.74) is 0.880. The average Bonchev–Trinajstić information content (AvgIpc) is 2.68. The van der Waals surface area contributed by atoms with Crippen LogP contribution in [0, 0.1) is 0 Å². The summed E-state index contributed by atoms with van der Waals surface area (Å²) in [6.07, 6.45) is 4.58. The highest BCUT2D eigenvalue weighted by Gasteiger charge is 2.15. The lowest BCUT2D eigenvalue weighted by Crippen LogP contribution is -2.12. The number of hydrogen-bond donors (Lipinski definition) is 1. The van der Waals surface area contributed by atoms with Crippen LogP contribution in [0.1, 0.15) is 10.4 Å². The van der Waals surface area contributed by atoms with Crippen molar-refractivity contribution in [3.63, 3.8) is 0 Å². The molecular formula is C19H16ClN3O4. The van der Waals surface area contributed by atoms with E-state index in [2.05, 4.69) is 15.3 Å². The van der Waals surface area contributed by atoms with Crippen molar-refractivity contribution in [3.05, 3.63) is 65.6 Å². The number of anilines is 1. The molecule has 0 saturated carbocycles. The van der Waals surface area contributed by atoms with Gasteiger partial charge in [-0.05, 0) is 24.3 Å². The Bertz CT molecular complexity index is 951. The second kappa shape index (κ2) is 8.37. The van der Waals surface area contributed by atoms with E-state index in [9.17, 15) is 4.79 Å². The summed E-state index contributed by atoms with van der Waals surface area (Å²) in [4.78, 5) is 20.6. The van der Waals surface area contributed by atoms with Crippen molar-refractivity contribution in [2.75, 3.05) is 19.5 Å². The van der Waals surface area contributed by atoms with Crippen molar-refractivity contribution >= 4 is 23.2 Å². The van der Waals surface area contributed by atoms with Crippen molar-refractivity contribution in [3.8, 4) is 23.1 Å². The number of hydrogen-bond acceptors (Lipinski definition) is 6. The number of aromatic nitrogens is 2. The maximum atomic E-state index is 12.6. The summed E-state index contributed by atoms with van der Waals surface area (Å²) in [6, 6.07) is 9.98. The van der Waals surface area contributed by atoms with Crippen LogP contribution in [0.2, 0.25) is 5.02 Å². The molecule has 0 aliphatic heterocycles. The largest absolute Gasteiger partial charge is 0.493 e. The van der Waals surface area contributed by atoms with Crippen LogP contribution >= 0.6 is 11.6 Å². The van der Waals surface area contributed by atoms with Gasteiger partial charge in [-0.3, -0.25) is 9.78 Å². The van der Waals surface area contributed by atoms with Crippen molar-refractivity contribution in [1.29, 1.82) is 0 Å². The van der Waals surface area contributed by atoms with Gasteiger partial charge in [-0.1, -0.05) is 17.7 Å². The predicted molar refractivity (Wildman–Crippen MR) is 101 cm³/mol. The normalized spacial score (nSPS) is 10.2. The van der Waals surface area contributed by atoms with Gasteiger partial charge >= 0.3 is 0 Å². The molecule has 0 aliphatic carbocycles. The Hall–Kier alpha value is -3.32. The van der Waals surface area contributed by atoms with E-state index in [0.29, 0.717) is 34.4 Å². The molecule has 0 fully saturated rings. The molecule has 7 nitrogen and oxygen atoms in total. The van der Waals surface area contributed by atoms with Gasteiger partial charge in [0.25, 0.3) is 5.91 Å². The van der Waals surface area contributed by atoms with Crippen LogP contribution in [-0.4, -0.2) is 30.1 Å². The Morgan fingerprint density at radius 3 is 2.67 bits per heavy atom. The lowest BCUT2D eigenvalue weighted by Gasteiger charge is -2.12. The highest BCUT2D eigenvalue weighted by Crippen LogP contribution is 2.36. The number of halogens is 1. The van der Waals surface area contributed by atoms with Gasteiger partial charge in [-0.2, -0.15) is 0 Å². The summed E-state index contributed by atoms with van der Waals surface area (Å²) < 4.78 is 16.0. The molecule has 1 amide bonds. The monoisotopic (exact) mass is 385 g/mol. The fourth-order valence-electron chi connectivity index (χ4n) is 2.35. The molecule has 3 aromatic rings. The van der Waals surface area contributed by atoms with Gasteiger partial charge in [0.15, 0.2) is 11.5 Å². The standard InChI is InChI=1S/C19H16ClN3O4/c1-25-16-9-12(8-15(20)18(16)26-2)19(24)23-13-4-3-5-14(10-13)27-17-11-21-6-7-22-17/h3-11H,1-2H3,(H,23,24). The average molecular weight is 386 g/mol. The summed E-state index contributed by atoms with van der Waals surface area (Å²) in [5.74, 6) is 1.26. The number of carbonyl (C=O) groups excluding carboxylic acids is 1. The highest BCUT2D eigenvalue weighted by atomic mass is 35.5. The third-order valence-electron chi connectivity index (χ3n) is 3.55. The molecule has 0 spiro atoms. The zero-order chi connectivity index (χ0) is 19.2. The Kier molecular flexibility index (Phi) is 5.73. The number of carbonyl (C=O) groups is 1. The third kappa shape index (κ3) is 4.45. The van der Waals surface area contributed by atoms with Crippen molar-refractivity contribution in [2.45, 2.75) is 0 Å². The van der Waals surface area contributed by atoms with E-state index in [1.807, 2.05) is 0 Å². The minimum Gasteiger partial charge on any atom is -0.493 e. The van der Waals surface area contributed by atoms with Crippen molar-refractivity contribution in [1.82, 2.24) is 9.97 Å². The first-order chi connectivity index (χ1) is 13.1. The topological polar surface area (TPSA) is 82.6 Å². The molecule has 0 saturated heterocycles. The first-order valence-electron chi connectivity index (χ1n) is 7.87. The summed E-state index contributed by atoms with van der Waals surface area (Å²) in [5, 5.41) is 3.07. The quantitative estimate of drug-likeness (QED) is 0.685. The van der Waals surface area contributed by atoms with E-state index in [0.717, 1.165) is 0 Å². The van der Waals surface area contributed by atoms with Crippen molar-refractivity contribution in [2.24, 2.45) is 0 Å². The lowest BCUT2D eigenvalue weighted by molar-refractivity contribution is 0.102. The first kappa shape index (κ1) is 18.5. The minimum atomic E-state index is -0.352. The molecule has 27 heavy (non-hydrogen) atoms. The van der Waals surface area contributed by atoms with Crippen LogP contribution in [-0.2, 0) is 0 Å². The Morgan fingerprint density at radius 2 is 1.96 bits per heavy atom. The Labute approximate surface area is 160 Å². The van der Waals surface area contributed by atoms with Crippen LogP contribution in [0.3, 0.4) is 0 Å². The van der Waals surface area contributed by atoms with Gasteiger partial charge in [-0.15, -0.1) is 0 Å². The molecular weight excluding hydrogens is 370 g/mol. The number of amides is 1. The van der Waals surface area contributed by atoms with Gasteiger partial charge < -0.3 is 19.5 Å². The van der Waals surface area contributed by atoms with E-state index in [1.54, 1.807) is 36.5 Å². The van der Waals surface area contributed by atoms with Crippen molar-refractivity contribution < 1.29 is 19.0 Å².